The van der Waals surface area contributed by atoms with E-state index in [0.717, 1.165) is 34.6 Å². The number of benzene rings is 2. The number of nitrogens with one attached hydrogen (secondary N) is 1. The zero-order chi connectivity index (χ0) is 24.4. The van der Waals surface area contributed by atoms with Crippen molar-refractivity contribution in [3.8, 4) is 28.5 Å². The minimum atomic E-state index is -0.294. The van der Waals surface area contributed by atoms with Crippen molar-refractivity contribution >= 4 is 5.91 Å². The van der Waals surface area contributed by atoms with E-state index in [0.29, 0.717) is 29.7 Å². The molecular weight excluding hydrogens is 430 g/mol. The zero-order valence-electron chi connectivity index (χ0n) is 20.7. The Morgan fingerprint density at radius 2 is 1.74 bits per heavy atom. The predicted octanol–water partition coefficient (Wildman–Crippen LogP) is 5.47. The number of nitrogens with zero attached hydrogens (tertiary/aromatic N) is 2. The standard InChI is InChI=1S/C27H33N3O4/c1-16(2)13-14-34-21-12-9-19(15-22(21)33-6)26-23-24(18-7-10-20(32-5)11-8-18)28-29-25(23)27(31)30(26)17(3)4/h7-12,15-17,26H,13-14H2,1-6H3,(H,28,29). The van der Waals surface area contributed by atoms with E-state index < -0.39 is 0 Å². The number of hydrogen-bond acceptors (Lipinski definition) is 5. The van der Waals surface area contributed by atoms with E-state index >= 15 is 0 Å². The number of ether oxygens (including phenoxy) is 3. The summed E-state index contributed by atoms with van der Waals surface area (Å²) in [6, 6.07) is 13.3. The number of methoxy groups -OCH3 is 2. The summed E-state index contributed by atoms with van der Waals surface area (Å²) >= 11 is 0. The van der Waals surface area contributed by atoms with Crippen LogP contribution in [-0.4, -0.2) is 47.9 Å². The van der Waals surface area contributed by atoms with Crippen molar-refractivity contribution in [3.05, 3.63) is 59.3 Å². The smallest absolute Gasteiger partial charge is 0.273 e. The number of hydrogen-bond donors (Lipinski definition) is 1. The molecule has 1 amide bonds. The first-order valence-electron chi connectivity index (χ1n) is 11.7. The van der Waals surface area contributed by atoms with Crippen LogP contribution in [0.3, 0.4) is 0 Å². The van der Waals surface area contributed by atoms with Gasteiger partial charge >= 0.3 is 0 Å². The molecule has 3 aromatic rings. The Kier molecular flexibility index (Phi) is 6.82. The molecule has 1 aromatic heterocycles. The highest BCUT2D eigenvalue weighted by atomic mass is 16.5. The average molecular weight is 464 g/mol. The monoisotopic (exact) mass is 463 g/mol. The van der Waals surface area contributed by atoms with Crippen LogP contribution < -0.4 is 14.2 Å². The van der Waals surface area contributed by atoms with E-state index in [1.807, 2.05) is 61.2 Å². The van der Waals surface area contributed by atoms with E-state index in [-0.39, 0.29) is 18.0 Å². The molecule has 1 aliphatic rings. The lowest BCUT2D eigenvalue weighted by atomic mass is 9.95. The van der Waals surface area contributed by atoms with Gasteiger partial charge in [0.1, 0.15) is 11.4 Å². The summed E-state index contributed by atoms with van der Waals surface area (Å²) in [6.07, 6.45) is 0.965. The highest BCUT2D eigenvalue weighted by molar-refractivity contribution is 6.00. The van der Waals surface area contributed by atoms with E-state index in [1.165, 1.54) is 0 Å². The van der Waals surface area contributed by atoms with Gasteiger partial charge in [0.05, 0.1) is 32.6 Å². The molecule has 7 heteroatoms. The third-order valence-corrected chi connectivity index (χ3v) is 6.18. The molecule has 2 heterocycles. The van der Waals surface area contributed by atoms with Gasteiger partial charge in [0.15, 0.2) is 11.5 Å². The van der Waals surface area contributed by atoms with Crippen molar-refractivity contribution in [1.29, 1.82) is 0 Å². The van der Waals surface area contributed by atoms with Crippen molar-refractivity contribution in [2.75, 3.05) is 20.8 Å². The summed E-state index contributed by atoms with van der Waals surface area (Å²) in [5.74, 6) is 2.63. The Bertz CT molecular complexity index is 1150. The molecule has 0 spiro atoms. The van der Waals surface area contributed by atoms with Crippen LogP contribution in [0.15, 0.2) is 42.5 Å². The minimum Gasteiger partial charge on any atom is -0.497 e. The summed E-state index contributed by atoms with van der Waals surface area (Å²) in [6.45, 7) is 9.02. The van der Waals surface area contributed by atoms with Crippen LogP contribution in [0.25, 0.3) is 11.3 Å². The quantitative estimate of drug-likeness (QED) is 0.455. The zero-order valence-corrected chi connectivity index (χ0v) is 20.7. The molecule has 0 saturated heterocycles. The van der Waals surface area contributed by atoms with E-state index in [4.69, 9.17) is 14.2 Å². The van der Waals surface area contributed by atoms with Crippen LogP contribution in [0.1, 0.15) is 61.8 Å². The molecular formula is C27H33N3O4. The number of carbonyl (C=O) groups excluding carboxylic acids is 1. The maximum absolute atomic E-state index is 13.4. The Morgan fingerprint density at radius 3 is 2.35 bits per heavy atom. The number of amides is 1. The molecule has 180 valence electrons. The van der Waals surface area contributed by atoms with Crippen molar-refractivity contribution in [2.24, 2.45) is 5.92 Å². The summed E-state index contributed by atoms with van der Waals surface area (Å²) in [5.41, 5.74) is 4.03. The third kappa shape index (κ3) is 4.34. The van der Waals surface area contributed by atoms with Crippen molar-refractivity contribution < 1.29 is 19.0 Å². The second-order valence-corrected chi connectivity index (χ2v) is 9.24. The molecule has 7 nitrogen and oxygen atoms in total. The van der Waals surface area contributed by atoms with Crippen molar-refractivity contribution in [3.63, 3.8) is 0 Å². The van der Waals surface area contributed by atoms with Crippen LogP contribution >= 0.6 is 0 Å². The molecule has 0 saturated carbocycles. The molecule has 2 aromatic carbocycles. The van der Waals surface area contributed by atoms with Crippen molar-refractivity contribution in [1.82, 2.24) is 15.1 Å². The molecule has 0 radical (unpaired) electrons. The summed E-state index contributed by atoms with van der Waals surface area (Å²) in [7, 11) is 3.28. The number of carbonyl (C=O) groups is 1. The van der Waals surface area contributed by atoms with Crippen molar-refractivity contribution in [2.45, 2.75) is 46.2 Å². The van der Waals surface area contributed by atoms with Gasteiger partial charge < -0.3 is 19.1 Å². The molecule has 1 N–H and O–H groups in total. The fraction of sp³-hybridized carbons (Fsp3) is 0.407. The Balaban J connectivity index is 1.76. The maximum Gasteiger partial charge on any atom is 0.273 e. The molecule has 1 aliphatic heterocycles. The Labute approximate surface area is 201 Å². The molecule has 1 unspecified atom stereocenters. The lowest BCUT2D eigenvalue weighted by molar-refractivity contribution is 0.0687. The van der Waals surface area contributed by atoms with Crippen LogP contribution in [0.2, 0.25) is 0 Å². The SMILES string of the molecule is COc1ccc(-c2n[nH]c3c2C(c2ccc(OCCC(C)C)c(OC)c2)N(C(C)C)C3=O)cc1. The topological polar surface area (TPSA) is 76.7 Å². The first-order chi connectivity index (χ1) is 16.3. The highest BCUT2D eigenvalue weighted by Crippen LogP contribution is 2.45. The number of fused-ring (bicyclic) bond motifs is 1. The largest absolute Gasteiger partial charge is 0.497 e. The lowest BCUT2D eigenvalue weighted by Gasteiger charge is -2.30. The van der Waals surface area contributed by atoms with Crippen LogP contribution in [0, 0.1) is 5.92 Å². The van der Waals surface area contributed by atoms with Gasteiger partial charge in [-0.25, -0.2) is 0 Å². The molecule has 0 aliphatic carbocycles. The van der Waals surface area contributed by atoms with Gasteiger partial charge in [-0.3, -0.25) is 9.89 Å². The number of rotatable bonds is 9. The summed E-state index contributed by atoms with van der Waals surface area (Å²) in [5, 5.41) is 7.53. The van der Waals surface area contributed by atoms with Gasteiger partial charge in [0.2, 0.25) is 0 Å². The summed E-state index contributed by atoms with van der Waals surface area (Å²) < 4.78 is 17.0. The van der Waals surface area contributed by atoms with Crippen LogP contribution in [0.5, 0.6) is 17.2 Å². The van der Waals surface area contributed by atoms with Gasteiger partial charge in [-0.05, 0) is 68.1 Å². The Morgan fingerprint density at radius 1 is 1.00 bits per heavy atom. The van der Waals surface area contributed by atoms with E-state index in [2.05, 4.69) is 24.0 Å². The third-order valence-electron chi connectivity index (χ3n) is 6.18. The lowest BCUT2D eigenvalue weighted by Crippen LogP contribution is -2.35. The van der Waals surface area contributed by atoms with Gasteiger partial charge in [0, 0.05) is 17.2 Å². The average Bonchev–Trinajstić information content (AvgIpc) is 3.38. The minimum absolute atomic E-state index is 0.00465. The van der Waals surface area contributed by atoms with Gasteiger partial charge in [0.25, 0.3) is 5.91 Å². The van der Waals surface area contributed by atoms with Gasteiger partial charge in [-0.1, -0.05) is 19.9 Å². The first kappa shape index (κ1) is 23.7. The second-order valence-electron chi connectivity index (χ2n) is 9.24. The van der Waals surface area contributed by atoms with Crippen LogP contribution in [0.4, 0.5) is 0 Å². The van der Waals surface area contributed by atoms with E-state index in [9.17, 15) is 4.79 Å². The summed E-state index contributed by atoms with van der Waals surface area (Å²) in [4.78, 5) is 15.3. The highest BCUT2D eigenvalue weighted by Gasteiger charge is 2.43. The fourth-order valence-electron chi connectivity index (χ4n) is 4.37. The molecule has 0 bridgehead atoms. The molecule has 0 fully saturated rings. The van der Waals surface area contributed by atoms with Crippen LogP contribution in [-0.2, 0) is 0 Å². The number of aromatic amines is 1. The predicted molar refractivity (Wildman–Crippen MR) is 132 cm³/mol. The number of aromatic nitrogens is 2. The maximum atomic E-state index is 13.4. The normalized spacial score (nSPS) is 15.2. The molecule has 1 atom stereocenters. The fourth-order valence-corrected chi connectivity index (χ4v) is 4.37. The molecule has 34 heavy (non-hydrogen) atoms. The number of H-pyrrole nitrogens is 1. The second kappa shape index (κ2) is 9.79. The molecule has 4 rings (SSSR count). The van der Waals surface area contributed by atoms with Gasteiger partial charge in [-0.15, -0.1) is 0 Å². The van der Waals surface area contributed by atoms with E-state index in [1.54, 1.807) is 14.2 Å². The van der Waals surface area contributed by atoms with Gasteiger partial charge in [-0.2, -0.15) is 5.10 Å². The first-order valence-corrected chi connectivity index (χ1v) is 11.7. The Hall–Kier alpha value is -3.48.